The Morgan fingerprint density at radius 1 is 0.811 bits per heavy atom. The second-order valence-corrected chi connectivity index (χ2v) is 12.4. The summed E-state index contributed by atoms with van der Waals surface area (Å²) in [7, 11) is 1.54. The van der Waals surface area contributed by atoms with Gasteiger partial charge in [0.15, 0.2) is 0 Å². The molecule has 0 bridgehead atoms. The maximum absolute atomic E-state index is 11.1. The Labute approximate surface area is 227 Å². The Balaban J connectivity index is 0. The summed E-state index contributed by atoms with van der Waals surface area (Å²) in [5.41, 5.74) is 0.185. The van der Waals surface area contributed by atoms with Crippen molar-refractivity contribution in [1.29, 1.82) is 0 Å². The summed E-state index contributed by atoms with van der Waals surface area (Å²) < 4.78 is 41.6. The van der Waals surface area contributed by atoms with Gasteiger partial charge in [-0.25, -0.2) is 8.42 Å². The first-order chi connectivity index (χ1) is 16.9. The number of rotatable bonds is 11. The SMILES string of the molecule is CC(C)(C)OC(=O)CCOCCO.CCCOCCC(=O)OC(C)(C)C.Cc1ccc(S(=O)(=O)Cl)cc1. The highest BCUT2D eigenvalue weighted by Crippen LogP contribution is 2.14. The zero-order chi connectivity index (χ0) is 29.1. The Morgan fingerprint density at radius 2 is 1.22 bits per heavy atom. The van der Waals surface area contributed by atoms with Gasteiger partial charge in [-0.2, -0.15) is 0 Å². The van der Waals surface area contributed by atoms with Crippen LogP contribution in [0.15, 0.2) is 29.2 Å². The van der Waals surface area contributed by atoms with Crippen LogP contribution in [0, 0.1) is 6.92 Å². The van der Waals surface area contributed by atoms with Crippen molar-refractivity contribution in [2.24, 2.45) is 0 Å². The van der Waals surface area contributed by atoms with Gasteiger partial charge in [-0.15, -0.1) is 0 Å². The number of benzene rings is 1. The van der Waals surface area contributed by atoms with Gasteiger partial charge in [-0.05, 0) is 67.0 Å². The summed E-state index contributed by atoms with van der Waals surface area (Å²) in [5.74, 6) is -0.464. The van der Waals surface area contributed by atoms with Crippen LogP contribution in [0.1, 0.15) is 73.3 Å². The highest BCUT2D eigenvalue weighted by molar-refractivity contribution is 8.13. The lowest BCUT2D eigenvalue weighted by atomic mass is 10.2. The quantitative estimate of drug-likeness (QED) is 0.228. The number of hydrogen-bond donors (Lipinski definition) is 1. The molecule has 9 nitrogen and oxygen atoms in total. The van der Waals surface area contributed by atoms with Gasteiger partial charge >= 0.3 is 11.9 Å². The van der Waals surface area contributed by atoms with E-state index in [0.29, 0.717) is 26.2 Å². The molecule has 11 heteroatoms. The van der Waals surface area contributed by atoms with E-state index >= 15 is 0 Å². The van der Waals surface area contributed by atoms with Gasteiger partial charge < -0.3 is 24.1 Å². The van der Waals surface area contributed by atoms with Crippen LogP contribution in [0.4, 0.5) is 0 Å². The van der Waals surface area contributed by atoms with Gasteiger partial charge in [-0.1, -0.05) is 24.6 Å². The molecular formula is C26H45ClO9S. The van der Waals surface area contributed by atoms with Crippen LogP contribution in [0.2, 0.25) is 0 Å². The van der Waals surface area contributed by atoms with E-state index in [1.165, 1.54) is 12.1 Å². The number of aliphatic hydroxyl groups excluding tert-OH is 1. The van der Waals surface area contributed by atoms with Crippen LogP contribution < -0.4 is 0 Å². The fourth-order valence-corrected chi connectivity index (χ4v) is 2.98. The summed E-state index contributed by atoms with van der Waals surface area (Å²) in [5, 5.41) is 8.38. The van der Waals surface area contributed by atoms with Crippen LogP contribution in [0.3, 0.4) is 0 Å². The smallest absolute Gasteiger partial charge is 0.308 e. The fraction of sp³-hybridized carbons (Fsp3) is 0.692. The molecule has 1 rings (SSSR count). The highest BCUT2D eigenvalue weighted by atomic mass is 35.7. The van der Waals surface area contributed by atoms with Gasteiger partial charge in [0.25, 0.3) is 9.05 Å². The second-order valence-electron chi connectivity index (χ2n) is 9.87. The average molecular weight is 569 g/mol. The number of carbonyl (C=O) groups excluding carboxylic acids is 2. The second kappa shape index (κ2) is 19.4. The average Bonchev–Trinajstić information content (AvgIpc) is 2.72. The maximum Gasteiger partial charge on any atom is 0.308 e. The molecule has 0 aromatic heterocycles. The van der Waals surface area contributed by atoms with Crippen molar-refractivity contribution in [2.45, 2.75) is 90.7 Å². The molecule has 0 saturated heterocycles. The van der Waals surface area contributed by atoms with E-state index in [1.54, 1.807) is 12.1 Å². The molecule has 0 aliphatic heterocycles. The van der Waals surface area contributed by atoms with E-state index in [2.05, 4.69) is 0 Å². The third-order valence-electron chi connectivity index (χ3n) is 3.63. The first kappa shape index (κ1) is 37.4. The third-order valence-corrected chi connectivity index (χ3v) is 5.00. The van der Waals surface area contributed by atoms with E-state index < -0.39 is 14.7 Å². The van der Waals surface area contributed by atoms with E-state index in [9.17, 15) is 18.0 Å². The van der Waals surface area contributed by atoms with Crippen LogP contribution >= 0.6 is 10.7 Å². The zero-order valence-corrected chi connectivity index (χ0v) is 25.0. The molecule has 1 aromatic rings. The van der Waals surface area contributed by atoms with Gasteiger partial charge in [0.2, 0.25) is 0 Å². The summed E-state index contributed by atoms with van der Waals surface area (Å²) >= 11 is 0. The molecule has 0 amide bonds. The van der Waals surface area contributed by atoms with Crippen molar-refractivity contribution in [3.63, 3.8) is 0 Å². The van der Waals surface area contributed by atoms with E-state index in [-0.39, 0.29) is 42.1 Å². The number of ether oxygens (including phenoxy) is 4. The van der Waals surface area contributed by atoms with Crippen LogP contribution in [-0.4, -0.2) is 69.7 Å². The molecule has 0 heterocycles. The number of carbonyl (C=O) groups is 2. The minimum absolute atomic E-state index is 0.0195. The molecule has 0 saturated carbocycles. The first-order valence-corrected chi connectivity index (χ1v) is 14.4. The molecular weight excluding hydrogens is 524 g/mol. The number of aliphatic hydroxyl groups is 1. The van der Waals surface area contributed by atoms with E-state index in [1.807, 2.05) is 55.4 Å². The molecule has 1 N–H and O–H groups in total. The summed E-state index contributed by atoms with van der Waals surface area (Å²) in [6, 6.07) is 6.37. The molecule has 37 heavy (non-hydrogen) atoms. The molecule has 0 atom stereocenters. The number of hydrogen-bond acceptors (Lipinski definition) is 9. The number of aryl methyl sites for hydroxylation is 1. The topological polar surface area (TPSA) is 125 Å². The van der Waals surface area contributed by atoms with E-state index in [4.69, 9.17) is 34.7 Å². The first-order valence-electron chi connectivity index (χ1n) is 12.1. The zero-order valence-electron chi connectivity index (χ0n) is 23.5. The summed E-state index contributed by atoms with van der Waals surface area (Å²) in [6.45, 7) is 16.7. The molecule has 0 fully saturated rings. The summed E-state index contributed by atoms with van der Waals surface area (Å²) in [4.78, 5) is 22.3. The minimum atomic E-state index is -3.55. The fourth-order valence-electron chi connectivity index (χ4n) is 2.21. The largest absolute Gasteiger partial charge is 0.460 e. The van der Waals surface area contributed by atoms with Gasteiger partial charge in [0, 0.05) is 17.3 Å². The van der Waals surface area contributed by atoms with Crippen molar-refractivity contribution in [2.75, 3.05) is 33.0 Å². The molecule has 0 aliphatic rings. The third kappa shape index (κ3) is 27.1. The van der Waals surface area contributed by atoms with Crippen molar-refractivity contribution in [3.05, 3.63) is 29.8 Å². The van der Waals surface area contributed by atoms with Crippen LogP contribution in [0.5, 0.6) is 0 Å². The predicted molar refractivity (Wildman–Crippen MR) is 144 cm³/mol. The molecule has 0 aliphatic carbocycles. The molecule has 0 unspecified atom stereocenters. The molecule has 0 spiro atoms. The maximum atomic E-state index is 11.1. The normalized spacial score (nSPS) is 11.4. The molecule has 216 valence electrons. The predicted octanol–water partition coefficient (Wildman–Crippen LogP) is 4.79. The highest BCUT2D eigenvalue weighted by Gasteiger charge is 2.16. The van der Waals surface area contributed by atoms with Crippen molar-refractivity contribution in [1.82, 2.24) is 0 Å². The minimum Gasteiger partial charge on any atom is -0.460 e. The lowest BCUT2D eigenvalue weighted by Gasteiger charge is -2.19. The Kier molecular flexibility index (Phi) is 19.6. The Morgan fingerprint density at radius 3 is 1.54 bits per heavy atom. The lowest BCUT2D eigenvalue weighted by molar-refractivity contribution is -0.157. The molecule has 0 radical (unpaired) electrons. The van der Waals surface area contributed by atoms with Gasteiger partial charge in [0.05, 0.1) is 44.2 Å². The monoisotopic (exact) mass is 568 g/mol. The van der Waals surface area contributed by atoms with E-state index in [0.717, 1.165) is 12.0 Å². The van der Waals surface area contributed by atoms with Crippen molar-refractivity contribution in [3.8, 4) is 0 Å². The number of halogens is 1. The van der Waals surface area contributed by atoms with Crippen molar-refractivity contribution < 1.29 is 42.1 Å². The van der Waals surface area contributed by atoms with Crippen molar-refractivity contribution >= 4 is 31.7 Å². The van der Waals surface area contributed by atoms with Gasteiger partial charge in [-0.3, -0.25) is 9.59 Å². The summed E-state index contributed by atoms with van der Waals surface area (Å²) in [6.07, 6.45) is 1.56. The van der Waals surface area contributed by atoms with Crippen LogP contribution in [0.25, 0.3) is 0 Å². The lowest BCUT2D eigenvalue weighted by Crippen LogP contribution is -2.24. The van der Waals surface area contributed by atoms with Crippen LogP contribution in [-0.2, 0) is 37.6 Å². The van der Waals surface area contributed by atoms with Gasteiger partial charge in [0.1, 0.15) is 11.2 Å². The standard InChI is InChI=1S/C10H20O3.C9H18O4.C7H7ClO2S/c1-5-7-12-8-6-9(11)13-10(2,3)4;1-9(2,3)13-8(11)4-6-12-7-5-10;1-6-2-4-7(5-3-6)11(8,9)10/h5-8H2,1-4H3;10H,4-7H2,1-3H3;2-5H,1H3. The Hall–Kier alpha value is -1.72. The molecule has 1 aromatic carbocycles. The Bertz CT molecular complexity index is 820. The number of esters is 2.